The quantitative estimate of drug-likeness (QED) is 0.603. The second kappa shape index (κ2) is 8.48. The number of carboxylic acid groups (broad SMARTS) is 1. The number of aliphatic hydroxyl groups excluding tert-OH is 2. The molecule has 0 aromatic carbocycles. The standard InChI is InChI=1S/C23H36O4/c1-15-18(9-6-10-21(26)27)23(2)14-13-20(25)17(22(15)23)11-12-19(24)16-7-4-3-5-8-16/h9,11-12,15-17,19-20,22,24-25H,3-8,10,13-14H2,1-2H3,(H,26,27)/b12-11+,18-9?/t15?,17-,19?,20+,22+,23+/m0/s1. The van der Waals surface area contributed by atoms with Crippen molar-refractivity contribution >= 4 is 5.97 Å². The zero-order chi connectivity index (χ0) is 19.6. The summed E-state index contributed by atoms with van der Waals surface area (Å²) < 4.78 is 0. The van der Waals surface area contributed by atoms with Gasteiger partial charge in [0.25, 0.3) is 0 Å². The number of allylic oxidation sites excluding steroid dienone is 2. The molecule has 3 saturated carbocycles. The molecule has 4 nitrogen and oxygen atoms in total. The van der Waals surface area contributed by atoms with Crippen LogP contribution in [-0.4, -0.2) is 33.5 Å². The van der Waals surface area contributed by atoms with Crippen molar-refractivity contribution in [3.8, 4) is 0 Å². The first kappa shape index (κ1) is 20.6. The average molecular weight is 377 g/mol. The number of fused-ring (bicyclic) bond motifs is 1. The summed E-state index contributed by atoms with van der Waals surface area (Å²) in [5.74, 6) is 0.422. The Morgan fingerprint density at radius 1 is 1.26 bits per heavy atom. The highest BCUT2D eigenvalue weighted by atomic mass is 16.4. The van der Waals surface area contributed by atoms with E-state index < -0.39 is 12.1 Å². The molecule has 6 atom stereocenters. The lowest BCUT2D eigenvalue weighted by Gasteiger charge is -2.62. The summed E-state index contributed by atoms with van der Waals surface area (Å²) in [4.78, 5) is 10.8. The fourth-order valence-electron chi connectivity index (χ4n) is 6.20. The summed E-state index contributed by atoms with van der Waals surface area (Å²) in [5.41, 5.74) is 1.42. The third kappa shape index (κ3) is 4.17. The maximum Gasteiger partial charge on any atom is 0.303 e. The minimum absolute atomic E-state index is 0.0575. The van der Waals surface area contributed by atoms with E-state index in [0.29, 0.717) is 24.2 Å². The Morgan fingerprint density at radius 3 is 2.63 bits per heavy atom. The lowest BCUT2D eigenvalue weighted by atomic mass is 9.43. The molecule has 4 heteroatoms. The van der Waals surface area contributed by atoms with E-state index in [9.17, 15) is 15.0 Å². The lowest BCUT2D eigenvalue weighted by Crippen LogP contribution is -2.56. The first-order chi connectivity index (χ1) is 12.8. The number of carboxylic acids is 1. The van der Waals surface area contributed by atoms with Gasteiger partial charge in [-0.1, -0.05) is 56.9 Å². The van der Waals surface area contributed by atoms with Gasteiger partial charge < -0.3 is 15.3 Å². The van der Waals surface area contributed by atoms with E-state index in [1.807, 2.05) is 6.08 Å². The van der Waals surface area contributed by atoms with Crippen LogP contribution in [0.25, 0.3) is 0 Å². The molecular weight excluding hydrogens is 340 g/mol. The normalized spacial score (nSPS) is 39.9. The fraction of sp³-hybridized carbons (Fsp3) is 0.783. The van der Waals surface area contributed by atoms with Crippen LogP contribution in [0.2, 0.25) is 0 Å². The van der Waals surface area contributed by atoms with Gasteiger partial charge in [-0.05, 0) is 55.3 Å². The molecule has 3 rings (SSSR count). The van der Waals surface area contributed by atoms with Gasteiger partial charge in [-0.3, -0.25) is 4.79 Å². The molecular formula is C23H36O4. The van der Waals surface area contributed by atoms with Crippen LogP contribution in [0.3, 0.4) is 0 Å². The number of rotatable bonds is 6. The van der Waals surface area contributed by atoms with E-state index in [-0.39, 0.29) is 23.9 Å². The molecule has 3 fully saturated rings. The number of aliphatic hydroxyl groups is 2. The largest absolute Gasteiger partial charge is 0.481 e. The topological polar surface area (TPSA) is 77.8 Å². The van der Waals surface area contributed by atoms with E-state index in [0.717, 1.165) is 25.7 Å². The van der Waals surface area contributed by atoms with Gasteiger partial charge in [0.15, 0.2) is 0 Å². The zero-order valence-corrected chi connectivity index (χ0v) is 16.8. The molecule has 3 aliphatic carbocycles. The second-order valence-corrected chi connectivity index (χ2v) is 9.28. The SMILES string of the molecule is CC1C(=CCCC(=O)O)[C@@]2(C)CC[C@@H](O)[C@H](/C=C/C(O)C3CCCCC3)[C@@H]12. The third-order valence-corrected chi connectivity index (χ3v) is 7.63. The Balaban J connectivity index is 1.69. The van der Waals surface area contributed by atoms with Crippen LogP contribution >= 0.6 is 0 Å². The molecule has 3 N–H and O–H groups in total. The predicted octanol–water partition coefficient (Wildman–Crippen LogP) is 4.32. The van der Waals surface area contributed by atoms with Gasteiger partial charge in [0.05, 0.1) is 12.2 Å². The highest BCUT2D eigenvalue weighted by Crippen LogP contribution is 2.64. The molecule has 0 aromatic heterocycles. The number of hydrogen-bond acceptors (Lipinski definition) is 3. The minimum Gasteiger partial charge on any atom is -0.481 e. The predicted molar refractivity (Wildman–Crippen MR) is 106 cm³/mol. The van der Waals surface area contributed by atoms with E-state index >= 15 is 0 Å². The summed E-state index contributed by atoms with van der Waals surface area (Å²) in [6.45, 7) is 4.48. The summed E-state index contributed by atoms with van der Waals surface area (Å²) in [6, 6.07) is 0. The van der Waals surface area contributed by atoms with Crippen LogP contribution in [0.15, 0.2) is 23.8 Å². The molecule has 2 unspecified atom stereocenters. The molecule has 0 radical (unpaired) electrons. The number of aliphatic carboxylic acids is 1. The fourth-order valence-corrected chi connectivity index (χ4v) is 6.20. The lowest BCUT2D eigenvalue weighted by molar-refractivity contribution is -0.136. The average Bonchev–Trinajstić information content (AvgIpc) is 2.65. The van der Waals surface area contributed by atoms with Crippen molar-refractivity contribution in [3.63, 3.8) is 0 Å². The Labute approximate surface area is 163 Å². The highest BCUT2D eigenvalue weighted by Gasteiger charge is 2.58. The highest BCUT2D eigenvalue weighted by molar-refractivity contribution is 5.66. The molecule has 0 bridgehead atoms. The van der Waals surface area contributed by atoms with Gasteiger partial charge in [0.1, 0.15) is 0 Å². The van der Waals surface area contributed by atoms with E-state index in [4.69, 9.17) is 5.11 Å². The Hall–Kier alpha value is -1.13. The molecule has 0 heterocycles. The zero-order valence-electron chi connectivity index (χ0n) is 16.8. The van der Waals surface area contributed by atoms with Crippen molar-refractivity contribution in [2.45, 2.75) is 83.8 Å². The maximum atomic E-state index is 10.8. The first-order valence-corrected chi connectivity index (χ1v) is 10.8. The third-order valence-electron chi connectivity index (χ3n) is 7.63. The summed E-state index contributed by atoms with van der Waals surface area (Å²) >= 11 is 0. The van der Waals surface area contributed by atoms with Crippen LogP contribution in [0.5, 0.6) is 0 Å². The maximum absolute atomic E-state index is 10.8. The Bertz CT molecular complexity index is 589. The van der Waals surface area contributed by atoms with Crippen molar-refractivity contribution < 1.29 is 20.1 Å². The van der Waals surface area contributed by atoms with Gasteiger partial charge in [-0.15, -0.1) is 0 Å². The van der Waals surface area contributed by atoms with E-state index in [1.54, 1.807) is 0 Å². The van der Waals surface area contributed by atoms with Crippen LogP contribution in [0, 0.1) is 29.1 Å². The van der Waals surface area contributed by atoms with Crippen LogP contribution in [0.1, 0.15) is 71.6 Å². The van der Waals surface area contributed by atoms with Gasteiger partial charge in [0, 0.05) is 12.3 Å². The molecule has 27 heavy (non-hydrogen) atoms. The summed E-state index contributed by atoms with van der Waals surface area (Å²) in [6.07, 6.45) is 13.8. The molecule has 0 spiro atoms. The van der Waals surface area contributed by atoms with Crippen molar-refractivity contribution in [3.05, 3.63) is 23.8 Å². The second-order valence-electron chi connectivity index (χ2n) is 9.28. The monoisotopic (exact) mass is 376 g/mol. The van der Waals surface area contributed by atoms with Crippen LogP contribution in [0.4, 0.5) is 0 Å². The molecule has 0 saturated heterocycles. The van der Waals surface area contributed by atoms with Crippen molar-refractivity contribution in [1.82, 2.24) is 0 Å². The van der Waals surface area contributed by atoms with Gasteiger partial charge in [0.2, 0.25) is 0 Å². The van der Waals surface area contributed by atoms with Gasteiger partial charge in [-0.25, -0.2) is 0 Å². The van der Waals surface area contributed by atoms with E-state index in [1.165, 1.54) is 24.8 Å². The number of hydrogen-bond donors (Lipinski definition) is 3. The van der Waals surface area contributed by atoms with Crippen LogP contribution in [-0.2, 0) is 4.79 Å². The molecule has 0 amide bonds. The van der Waals surface area contributed by atoms with Gasteiger partial charge >= 0.3 is 5.97 Å². The van der Waals surface area contributed by atoms with Crippen LogP contribution < -0.4 is 0 Å². The smallest absolute Gasteiger partial charge is 0.303 e. The first-order valence-electron chi connectivity index (χ1n) is 10.8. The summed E-state index contributed by atoms with van der Waals surface area (Å²) in [5, 5.41) is 30.1. The Kier molecular flexibility index (Phi) is 6.47. The molecule has 0 aromatic rings. The molecule has 0 aliphatic heterocycles. The molecule has 152 valence electrons. The molecule has 3 aliphatic rings. The van der Waals surface area contributed by atoms with Crippen molar-refractivity contribution in [2.24, 2.45) is 29.1 Å². The van der Waals surface area contributed by atoms with Crippen molar-refractivity contribution in [2.75, 3.05) is 0 Å². The van der Waals surface area contributed by atoms with E-state index in [2.05, 4.69) is 26.0 Å². The van der Waals surface area contributed by atoms with Gasteiger partial charge in [-0.2, -0.15) is 0 Å². The summed E-state index contributed by atoms with van der Waals surface area (Å²) in [7, 11) is 0. The Morgan fingerprint density at radius 2 is 1.96 bits per heavy atom. The van der Waals surface area contributed by atoms with Crippen molar-refractivity contribution in [1.29, 1.82) is 0 Å². The minimum atomic E-state index is -0.753. The number of carbonyl (C=O) groups is 1.